The molecule has 12 heteroatoms. The second-order valence-corrected chi connectivity index (χ2v) is 13.8. The summed E-state index contributed by atoms with van der Waals surface area (Å²) in [6, 6.07) is 28.8. The third kappa shape index (κ3) is 7.98. The van der Waals surface area contributed by atoms with Crippen molar-refractivity contribution in [3.8, 4) is 10.4 Å². The number of hydrogen-bond donors (Lipinski definition) is 4. The van der Waals surface area contributed by atoms with Crippen molar-refractivity contribution in [2.45, 2.75) is 17.1 Å². The molecular formula is C36H27Cl2N5O3S2. The fourth-order valence-corrected chi connectivity index (χ4v) is 7.03. The number of amides is 3. The van der Waals surface area contributed by atoms with Gasteiger partial charge in [0.25, 0.3) is 11.8 Å². The van der Waals surface area contributed by atoms with Crippen molar-refractivity contribution < 1.29 is 14.4 Å². The van der Waals surface area contributed by atoms with Gasteiger partial charge in [0.1, 0.15) is 5.70 Å². The Morgan fingerprint density at radius 2 is 1.67 bits per heavy atom. The first kappa shape index (κ1) is 33.0. The summed E-state index contributed by atoms with van der Waals surface area (Å²) in [5.74, 6) is -1.10. The average molecular weight is 713 g/mol. The van der Waals surface area contributed by atoms with E-state index in [1.165, 1.54) is 23.1 Å². The van der Waals surface area contributed by atoms with Gasteiger partial charge in [-0.15, -0.1) is 11.8 Å². The van der Waals surface area contributed by atoms with E-state index in [1.807, 2.05) is 48.5 Å². The molecular weight excluding hydrogens is 685 g/mol. The number of thiazole rings is 1. The van der Waals surface area contributed by atoms with Crippen molar-refractivity contribution in [1.82, 2.24) is 15.3 Å². The highest BCUT2D eigenvalue weighted by molar-refractivity contribution is 8.00. The van der Waals surface area contributed by atoms with Crippen molar-refractivity contribution in [2.24, 2.45) is 0 Å². The summed E-state index contributed by atoms with van der Waals surface area (Å²) in [5, 5.41) is 10.5. The van der Waals surface area contributed by atoms with Gasteiger partial charge in [0.05, 0.1) is 15.1 Å². The van der Waals surface area contributed by atoms with Crippen LogP contribution in [0.15, 0.2) is 120 Å². The Morgan fingerprint density at radius 3 is 2.44 bits per heavy atom. The van der Waals surface area contributed by atoms with E-state index in [9.17, 15) is 14.4 Å². The van der Waals surface area contributed by atoms with Crippen LogP contribution >= 0.6 is 46.3 Å². The van der Waals surface area contributed by atoms with Gasteiger partial charge >= 0.3 is 0 Å². The second-order valence-electron chi connectivity index (χ2n) is 10.5. The standard InChI is InChI=1S/C36H27Cl2N5O3S2/c1-21(33(44)43-36-40-20-32(48-36)28-16-11-24(37)18-29(28)38)47-26-14-12-25(13-15-26)41-35(46)31(42-34(45)22-7-3-2-4-8-22)17-23-19-39-30-10-6-5-9-27(23)30/h2-21,39H,1H3,(H,41,46)(H,42,45)(H,40,43,44)/b31-17-/t21-/m0/s1. The Balaban J connectivity index is 1.11. The quantitative estimate of drug-likeness (QED) is 0.0836. The maximum atomic E-state index is 13.5. The molecule has 0 saturated carbocycles. The summed E-state index contributed by atoms with van der Waals surface area (Å²) in [4.78, 5) is 48.6. The number of fused-ring (bicyclic) bond motifs is 1. The molecule has 2 heterocycles. The molecule has 3 amide bonds. The minimum atomic E-state index is -0.486. The zero-order chi connectivity index (χ0) is 33.6. The van der Waals surface area contributed by atoms with Crippen molar-refractivity contribution in [3.05, 3.63) is 136 Å². The van der Waals surface area contributed by atoms with Gasteiger partial charge in [0, 0.05) is 55.6 Å². The van der Waals surface area contributed by atoms with Crippen LogP contribution in [0.1, 0.15) is 22.8 Å². The average Bonchev–Trinajstić information content (AvgIpc) is 3.72. The fourth-order valence-electron chi connectivity index (χ4n) is 4.74. The molecule has 0 aliphatic rings. The van der Waals surface area contributed by atoms with Gasteiger partial charge in [-0.3, -0.25) is 14.4 Å². The van der Waals surface area contributed by atoms with Gasteiger partial charge in [0.2, 0.25) is 5.91 Å². The zero-order valence-corrected chi connectivity index (χ0v) is 28.4. The van der Waals surface area contributed by atoms with E-state index in [0.717, 1.165) is 31.8 Å². The second kappa shape index (κ2) is 14.9. The van der Waals surface area contributed by atoms with E-state index >= 15 is 0 Å². The molecule has 48 heavy (non-hydrogen) atoms. The molecule has 8 nitrogen and oxygen atoms in total. The van der Waals surface area contributed by atoms with Gasteiger partial charge < -0.3 is 20.9 Å². The van der Waals surface area contributed by atoms with Crippen LogP contribution in [0.4, 0.5) is 10.8 Å². The van der Waals surface area contributed by atoms with Crippen LogP contribution in [0.2, 0.25) is 10.0 Å². The smallest absolute Gasteiger partial charge is 0.272 e. The molecule has 0 aliphatic heterocycles. The first-order valence-electron chi connectivity index (χ1n) is 14.7. The number of rotatable bonds is 10. The largest absolute Gasteiger partial charge is 0.361 e. The van der Waals surface area contributed by atoms with Gasteiger partial charge in [-0.1, -0.05) is 77.0 Å². The third-order valence-electron chi connectivity index (χ3n) is 7.18. The monoisotopic (exact) mass is 711 g/mol. The Bertz CT molecular complexity index is 2150. The molecule has 6 rings (SSSR count). The summed E-state index contributed by atoms with van der Waals surface area (Å²) in [6.45, 7) is 1.80. The number of thioether (sulfide) groups is 1. The minimum absolute atomic E-state index is 0.0843. The highest BCUT2D eigenvalue weighted by Gasteiger charge is 2.19. The molecule has 1 atom stereocenters. The molecule has 0 saturated heterocycles. The summed E-state index contributed by atoms with van der Waals surface area (Å²) < 4.78 is 0. The lowest BCUT2D eigenvalue weighted by Gasteiger charge is -2.13. The van der Waals surface area contributed by atoms with Gasteiger partial charge in [-0.05, 0) is 67.6 Å². The molecule has 4 N–H and O–H groups in total. The number of hydrogen-bond acceptors (Lipinski definition) is 6. The summed E-state index contributed by atoms with van der Waals surface area (Å²) in [6.07, 6.45) is 5.10. The Kier molecular flexibility index (Phi) is 10.3. The maximum absolute atomic E-state index is 13.5. The molecule has 4 aromatic carbocycles. The predicted molar refractivity (Wildman–Crippen MR) is 197 cm³/mol. The van der Waals surface area contributed by atoms with Crippen LogP contribution in [-0.4, -0.2) is 32.9 Å². The van der Waals surface area contributed by atoms with Gasteiger partial charge in [-0.25, -0.2) is 4.98 Å². The molecule has 0 aliphatic carbocycles. The Hall–Kier alpha value is -4.87. The van der Waals surface area contributed by atoms with Crippen molar-refractivity contribution in [2.75, 3.05) is 10.6 Å². The van der Waals surface area contributed by atoms with Crippen LogP contribution < -0.4 is 16.0 Å². The van der Waals surface area contributed by atoms with Crippen LogP contribution in [-0.2, 0) is 9.59 Å². The third-order valence-corrected chi connectivity index (χ3v) is 9.78. The molecule has 0 spiro atoms. The highest BCUT2D eigenvalue weighted by Crippen LogP contribution is 2.36. The number of nitrogens with zero attached hydrogens (tertiary/aromatic N) is 1. The number of benzene rings is 4. The summed E-state index contributed by atoms with van der Waals surface area (Å²) in [7, 11) is 0. The van der Waals surface area contributed by atoms with Gasteiger partial charge in [0.15, 0.2) is 5.13 Å². The molecule has 2 aromatic heterocycles. The number of aromatic amines is 1. The van der Waals surface area contributed by atoms with E-state index in [1.54, 1.807) is 73.9 Å². The minimum Gasteiger partial charge on any atom is -0.361 e. The molecule has 240 valence electrons. The van der Waals surface area contributed by atoms with Crippen LogP contribution in [0.25, 0.3) is 27.4 Å². The van der Waals surface area contributed by atoms with E-state index in [0.29, 0.717) is 26.4 Å². The molecule has 0 radical (unpaired) electrons. The molecule has 6 aromatic rings. The SMILES string of the molecule is C[C@H](Sc1ccc(NC(=O)/C(=C/c2c[nH]c3ccccc23)NC(=O)c2ccccc2)cc1)C(=O)Nc1ncc(-c2ccc(Cl)cc2Cl)s1. The van der Waals surface area contributed by atoms with Crippen molar-refractivity contribution >= 4 is 91.8 Å². The number of carbonyl (C=O) groups is 3. The number of anilines is 2. The summed E-state index contributed by atoms with van der Waals surface area (Å²) >= 11 is 15.0. The fraction of sp³-hybridized carbons (Fsp3) is 0.0556. The number of H-pyrrole nitrogens is 1. The van der Waals surface area contributed by atoms with Crippen LogP contribution in [0, 0.1) is 0 Å². The first-order valence-corrected chi connectivity index (χ1v) is 17.1. The normalized spacial score (nSPS) is 12.0. The van der Waals surface area contributed by atoms with Crippen molar-refractivity contribution in [1.29, 1.82) is 0 Å². The number of nitrogens with one attached hydrogen (secondary N) is 4. The molecule has 0 fully saturated rings. The lowest BCUT2D eigenvalue weighted by molar-refractivity contribution is -0.115. The van der Waals surface area contributed by atoms with E-state index in [-0.39, 0.29) is 11.6 Å². The van der Waals surface area contributed by atoms with E-state index in [4.69, 9.17) is 23.2 Å². The number of para-hydroxylation sites is 1. The summed E-state index contributed by atoms with van der Waals surface area (Å²) in [5.41, 5.74) is 3.49. The zero-order valence-electron chi connectivity index (χ0n) is 25.3. The first-order chi connectivity index (χ1) is 23.2. The van der Waals surface area contributed by atoms with E-state index < -0.39 is 17.1 Å². The predicted octanol–water partition coefficient (Wildman–Crippen LogP) is 9.13. The Labute approximate surface area is 294 Å². The molecule has 0 unspecified atom stereocenters. The Morgan fingerprint density at radius 1 is 0.917 bits per heavy atom. The lowest BCUT2D eigenvalue weighted by Crippen LogP contribution is -2.30. The van der Waals surface area contributed by atoms with Crippen molar-refractivity contribution in [3.63, 3.8) is 0 Å². The van der Waals surface area contributed by atoms with Crippen LogP contribution in [0.5, 0.6) is 0 Å². The topological polar surface area (TPSA) is 116 Å². The number of halogens is 2. The highest BCUT2D eigenvalue weighted by atomic mass is 35.5. The van der Waals surface area contributed by atoms with Crippen LogP contribution in [0.3, 0.4) is 0 Å². The number of aromatic nitrogens is 2. The molecule has 0 bridgehead atoms. The van der Waals surface area contributed by atoms with Gasteiger partial charge in [-0.2, -0.15) is 0 Å². The number of carbonyl (C=O) groups excluding carboxylic acids is 3. The van der Waals surface area contributed by atoms with E-state index in [2.05, 4.69) is 25.9 Å². The lowest BCUT2D eigenvalue weighted by atomic mass is 10.1. The maximum Gasteiger partial charge on any atom is 0.272 e.